The van der Waals surface area contributed by atoms with Crippen LogP contribution in [0.4, 0.5) is 11.5 Å². The number of terminal acetylenes is 1. The van der Waals surface area contributed by atoms with Crippen LogP contribution in [0.15, 0.2) is 48.8 Å². The van der Waals surface area contributed by atoms with Crippen molar-refractivity contribution in [3.05, 3.63) is 59.9 Å². The molecule has 0 atom stereocenters. The van der Waals surface area contributed by atoms with E-state index < -0.39 is 0 Å². The van der Waals surface area contributed by atoms with Gasteiger partial charge in [0.1, 0.15) is 12.1 Å². The lowest BCUT2D eigenvalue weighted by Crippen LogP contribution is -2.50. The van der Waals surface area contributed by atoms with Crippen molar-refractivity contribution >= 4 is 28.2 Å². The highest BCUT2D eigenvalue weighted by atomic mass is 16.1. The maximum atomic E-state index is 12.8. The lowest BCUT2D eigenvalue weighted by atomic mass is 10.1. The number of hydrogen-bond donors (Lipinski definition) is 1. The number of hydrogen-bond acceptors (Lipinski definition) is 6. The molecule has 0 aliphatic carbocycles. The van der Waals surface area contributed by atoms with Crippen LogP contribution >= 0.6 is 0 Å². The number of anilines is 2. The Labute approximate surface area is 189 Å². The molecular formula is C26H29N5O. The lowest BCUT2D eigenvalue weighted by molar-refractivity contribution is -0.120. The number of rotatable bonds is 7. The molecule has 0 saturated carbocycles. The fourth-order valence-electron chi connectivity index (χ4n) is 4.11. The molecular weight excluding hydrogens is 398 g/mol. The summed E-state index contributed by atoms with van der Waals surface area (Å²) < 4.78 is 0. The summed E-state index contributed by atoms with van der Waals surface area (Å²) in [6.07, 6.45) is 7.46. The molecule has 1 aliphatic heterocycles. The summed E-state index contributed by atoms with van der Waals surface area (Å²) in [5.74, 6) is 3.57. The molecule has 6 nitrogen and oxygen atoms in total. The summed E-state index contributed by atoms with van der Waals surface area (Å²) >= 11 is 0. The summed E-state index contributed by atoms with van der Waals surface area (Å²) in [6, 6.07) is 14.1. The van der Waals surface area contributed by atoms with Gasteiger partial charge in [-0.3, -0.25) is 14.6 Å². The van der Waals surface area contributed by atoms with Crippen LogP contribution < -0.4 is 5.32 Å². The highest BCUT2D eigenvalue weighted by molar-refractivity contribution is 5.92. The molecule has 1 fully saturated rings. The van der Waals surface area contributed by atoms with E-state index in [1.54, 1.807) is 0 Å². The number of ketones is 1. The van der Waals surface area contributed by atoms with Crippen molar-refractivity contribution in [3.63, 3.8) is 0 Å². The summed E-state index contributed by atoms with van der Waals surface area (Å²) in [7, 11) is 0. The van der Waals surface area contributed by atoms with Crippen LogP contribution in [0.5, 0.6) is 0 Å². The largest absolute Gasteiger partial charge is 0.340 e. The van der Waals surface area contributed by atoms with E-state index in [1.807, 2.05) is 42.5 Å². The Morgan fingerprint density at radius 3 is 2.69 bits per heavy atom. The van der Waals surface area contributed by atoms with Gasteiger partial charge in [0.25, 0.3) is 0 Å². The van der Waals surface area contributed by atoms with Crippen LogP contribution in [0.25, 0.3) is 10.9 Å². The first-order valence-electron chi connectivity index (χ1n) is 11.1. The van der Waals surface area contributed by atoms with Gasteiger partial charge in [0.15, 0.2) is 5.78 Å². The van der Waals surface area contributed by atoms with Crippen LogP contribution in [0.3, 0.4) is 0 Å². The van der Waals surface area contributed by atoms with E-state index >= 15 is 0 Å². The minimum atomic E-state index is 0.232. The van der Waals surface area contributed by atoms with E-state index in [2.05, 4.69) is 44.9 Å². The fraction of sp³-hybridized carbons (Fsp3) is 0.346. The highest BCUT2D eigenvalue weighted by Crippen LogP contribution is 2.25. The van der Waals surface area contributed by atoms with Gasteiger partial charge in [-0.05, 0) is 49.7 Å². The van der Waals surface area contributed by atoms with E-state index in [0.29, 0.717) is 24.8 Å². The second-order valence-corrected chi connectivity index (χ2v) is 8.55. The Balaban J connectivity index is 1.45. The SMILES string of the molecule is C#Cc1cccc(Nc2ncnc3ccc(CC(=O)CN4CCN(C(C)C)CC4)cc23)c1. The molecule has 0 radical (unpaired) electrons. The minimum Gasteiger partial charge on any atom is -0.340 e. The van der Waals surface area contributed by atoms with Gasteiger partial charge in [0, 0.05) is 55.3 Å². The first-order chi connectivity index (χ1) is 15.5. The number of benzene rings is 2. The molecule has 0 spiro atoms. The quantitative estimate of drug-likeness (QED) is 0.583. The predicted octanol–water partition coefficient (Wildman–Crippen LogP) is 3.49. The molecule has 32 heavy (non-hydrogen) atoms. The van der Waals surface area contributed by atoms with Gasteiger partial charge in [-0.25, -0.2) is 9.97 Å². The summed E-state index contributed by atoms with van der Waals surface area (Å²) in [5, 5.41) is 4.22. The first-order valence-corrected chi connectivity index (χ1v) is 11.1. The minimum absolute atomic E-state index is 0.232. The summed E-state index contributed by atoms with van der Waals surface area (Å²) in [4.78, 5) is 26.3. The highest BCUT2D eigenvalue weighted by Gasteiger charge is 2.20. The zero-order valence-electron chi connectivity index (χ0n) is 18.7. The second kappa shape index (κ2) is 9.90. The Morgan fingerprint density at radius 1 is 1.12 bits per heavy atom. The van der Waals surface area contributed by atoms with E-state index in [0.717, 1.165) is 53.9 Å². The van der Waals surface area contributed by atoms with Gasteiger partial charge >= 0.3 is 0 Å². The molecule has 1 aliphatic rings. The normalized spacial score (nSPS) is 15.1. The van der Waals surface area contributed by atoms with Crippen molar-refractivity contribution in [1.29, 1.82) is 0 Å². The monoisotopic (exact) mass is 427 g/mol. The van der Waals surface area contributed by atoms with Gasteiger partial charge in [-0.1, -0.05) is 18.1 Å². The van der Waals surface area contributed by atoms with Gasteiger partial charge < -0.3 is 5.32 Å². The van der Waals surface area contributed by atoms with Gasteiger partial charge in [-0.15, -0.1) is 6.42 Å². The van der Waals surface area contributed by atoms with Crippen molar-refractivity contribution in [2.75, 3.05) is 38.0 Å². The number of carbonyl (C=O) groups is 1. The molecule has 0 bridgehead atoms. The van der Waals surface area contributed by atoms with Crippen molar-refractivity contribution in [3.8, 4) is 12.3 Å². The molecule has 0 unspecified atom stereocenters. The van der Waals surface area contributed by atoms with Crippen LogP contribution in [0.1, 0.15) is 25.0 Å². The van der Waals surface area contributed by atoms with E-state index in [-0.39, 0.29) is 5.78 Å². The zero-order valence-corrected chi connectivity index (χ0v) is 18.7. The van der Waals surface area contributed by atoms with Crippen LogP contribution in [0.2, 0.25) is 0 Å². The Hall–Kier alpha value is -3.27. The smallest absolute Gasteiger partial charge is 0.151 e. The topological polar surface area (TPSA) is 61.4 Å². The number of piperazine rings is 1. The molecule has 4 rings (SSSR count). The van der Waals surface area contributed by atoms with Crippen molar-refractivity contribution in [2.45, 2.75) is 26.3 Å². The molecule has 3 aromatic rings. The summed E-state index contributed by atoms with van der Waals surface area (Å²) in [6.45, 7) is 8.88. The number of Topliss-reactive ketones (excluding diaryl/α,β-unsaturated/α-hetero) is 1. The van der Waals surface area contributed by atoms with E-state index in [9.17, 15) is 4.79 Å². The number of nitrogens with one attached hydrogen (secondary N) is 1. The van der Waals surface area contributed by atoms with Crippen molar-refractivity contribution < 1.29 is 4.79 Å². The molecule has 1 saturated heterocycles. The van der Waals surface area contributed by atoms with Gasteiger partial charge in [-0.2, -0.15) is 0 Å². The molecule has 2 heterocycles. The van der Waals surface area contributed by atoms with E-state index in [4.69, 9.17) is 6.42 Å². The maximum Gasteiger partial charge on any atom is 0.151 e. The Kier molecular flexibility index (Phi) is 6.79. The molecule has 0 amide bonds. The molecule has 6 heteroatoms. The van der Waals surface area contributed by atoms with Gasteiger partial charge in [0.2, 0.25) is 0 Å². The number of nitrogens with zero attached hydrogens (tertiary/aromatic N) is 4. The van der Waals surface area contributed by atoms with E-state index in [1.165, 1.54) is 6.33 Å². The van der Waals surface area contributed by atoms with Crippen LogP contribution in [0, 0.1) is 12.3 Å². The molecule has 164 valence electrons. The molecule has 2 aromatic carbocycles. The van der Waals surface area contributed by atoms with Crippen LogP contribution in [-0.4, -0.2) is 64.3 Å². The molecule has 1 aromatic heterocycles. The van der Waals surface area contributed by atoms with Crippen molar-refractivity contribution in [1.82, 2.24) is 19.8 Å². The van der Waals surface area contributed by atoms with Crippen LogP contribution in [-0.2, 0) is 11.2 Å². The number of carbonyl (C=O) groups excluding carboxylic acids is 1. The second-order valence-electron chi connectivity index (χ2n) is 8.55. The Morgan fingerprint density at radius 2 is 1.94 bits per heavy atom. The third-order valence-corrected chi connectivity index (χ3v) is 5.93. The van der Waals surface area contributed by atoms with Crippen molar-refractivity contribution in [2.24, 2.45) is 0 Å². The predicted molar refractivity (Wildman–Crippen MR) is 129 cm³/mol. The first kappa shape index (κ1) is 21.9. The summed E-state index contributed by atoms with van der Waals surface area (Å²) in [5.41, 5.74) is 3.46. The standard InChI is InChI=1S/C26H29N5O/c1-4-20-6-5-7-22(14-20)29-26-24-16-21(8-9-25(24)27-18-28-26)15-23(32)17-30-10-12-31(13-11-30)19(2)3/h1,5-9,14,16,18-19H,10-13,15,17H2,2-3H3,(H,27,28,29). The lowest BCUT2D eigenvalue weighted by Gasteiger charge is -2.36. The third-order valence-electron chi connectivity index (χ3n) is 5.93. The zero-order chi connectivity index (χ0) is 22.5. The number of aromatic nitrogens is 2. The average molecular weight is 428 g/mol. The average Bonchev–Trinajstić information content (AvgIpc) is 2.80. The third kappa shape index (κ3) is 5.31. The molecule has 1 N–H and O–H groups in total. The maximum absolute atomic E-state index is 12.8. The van der Waals surface area contributed by atoms with Gasteiger partial charge in [0.05, 0.1) is 12.1 Å². The Bertz CT molecular complexity index is 1140. The fourth-order valence-corrected chi connectivity index (χ4v) is 4.11. The number of fused-ring (bicyclic) bond motifs is 1.